The molecular weight excluding hydrogens is 326 g/mol. The van der Waals surface area contributed by atoms with Gasteiger partial charge in [-0.3, -0.25) is 4.79 Å². The van der Waals surface area contributed by atoms with Crippen molar-refractivity contribution in [1.82, 2.24) is 0 Å². The van der Waals surface area contributed by atoms with Crippen molar-refractivity contribution >= 4 is 23.1 Å². The summed E-state index contributed by atoms with van der Waals surface area (Å²) in [7, 11) is 0. The third-order valence-corrected chi connectivity index (χ3v) is 3.74. The molecule has 0 saturated carbocycles. The minimum Gasteiger partial charge on any atom is -0.486 e. The molecule has 0 aliphatic carbocycles. The van der Waals surface area contributed by atoms with Gasteiger partial charge in [0, 0.05) is 22.5 Å². The molecule has 1 aliphatic heterocycles. The van der Waals surface area contributed by atoms with Gasteiger partial charge >= 0.3 is 0 Å². The molecule has 0 bridgehead atoms. The summed E-state index contributed by atoms with van der Waals surface area (Å²) >= 11 is 6.08. The normalized spacial score (nSPS) is 12.9. The van der Waals surface area contributed by atoms with Crippen LogP contribution >= 0.6 is 11.6 Å². The van der Waals surface area contributed by atoms with Crippen LogP contribution in [0.2, 0.25) is 5.02 Å². The zero-order chi connectivity index (χ0) is 16.9. The monoisotopic (exact) mass is 341 g/mol. The summed E-state index contributed by atoms with van der Waals surface area (Å²) in [4.78, 5) is 13.0. The van der Waals surface area contributed by atoms with E-state index in [4.69, 9.17) is 21.1 Å². The Morgan fingerprint density at radius 1 is 1.17 bits per heavy atom. The van der Waals surface area contributed by atoms with Crippen molar-refractivity contribution in [3.63, 3.8) is 0 Å². The van der Waals surface area contributed by atoms with Gasteiger partial charge < -0.3 is 14.8 Å². The SMILES string of the molecule is C=C/C=C\Nc1ccc(Cl)cc1C(=O)c1cccc2c1OCCO2. The van der Waals surface area contributed by atoms with Crippen molar-refractivity contribution in [2.75, 3.05) is 18.5 Å². The third-order valence-electron chi connectivity index (χ3n) is 3.51. The fourth-order valence-electron chi connectivity index (χ4n) is 2.43. The smallest absolute Gasteiger partial charge is 0.199 e. The Kier molecular flexibility index (Phi) is 4.87. The van der Waals surface area contributed by atoms with Gasteiger partial charge in [0.25, 0.3) is 0 Å². The molecule has 0 unspecified atom stereocenters. The summed E-state index contributed by atoms with van der Waals surface area (Å²) in [5, 5.41) is 3.55. The number of ether oxygens (including phenoxy) is 2. The van der Waals surface area contributed by atoms with Crippen LogP contribution in [0.25, 0.3) is 0 Å². The summed E-state index contributed by atoms with van der Waals surface area (Å²) < 4.78 is 11.2. The number of fused-ring (bicyclic) bond motifs is 1. The fourth-order valence-corrected chi connectivity index (χ4v) is 2.61. The molecule has 0 spiro atoms. The largest absolute Gasteiger partial charge is 0.486 e. The van der Waals surface area contributed by atoms with E-state index in [0.717, 1.165) is 0 Å². The Labute approximate surface area is 145 Å². The molecule has 0 fully saturated rings. The first-order valence-electron chi connectivity index (χ1n) is 7.47. The van der Waals surface area contributed by atoms with Crippen LogP contribution in [0, 0.1) is 0 Å². The minimum absolute atomic E-state index is 0.186. The van der Waals surface area contributed by atoms with Crippen LogP contribution in [0.5, 0.6) is 11.5 Å². The summed E-state index contributed by atoms with van der Waals surface area (Å²) in [6.45, 7) is 4.50. The molecule has 1 N–H and O–H groups in total. The maximum absolute atomic E-state index is 13.0. The molecule has 1 heterocycles. The summed E-state index contributed by atoms with van der Waals surface area (Å²) in [5.41, 5.74) is 1.56. The number of carbonyl (C=O) groups is 1. The topological polar surface area (TPSA) is 47.6 Å². The lowest BCUT2D eigenvalue weighted by Crippen LogP contribution is -2.18. The minimum atomic E-state index is -0.186. The van der Waals surface area contributed by atoms with E-state index >= 15 is 0 Å². The second kappa shape index (κ2) is 7.23. The van der Waals surface area contributed by atoms with E-state index in [2.05, 4.69) is 11.9 Å². The molecule has 0 aromatic heterocycles. The zero-order valence-electron chi connectivity index (χ0n) is 12.9. The van der Waals surface area contributed by atoms with Gasteiger partial charge in [0.15, 0.2) is 17.3 Å². The molecule has 4 nitrogen and oxygen atoms in total. The Hall–Kier alpha value is -2.72. The van der Waals surface area contributed by atoms with E-state index in [1.807, 2.05) is 0 Å². The number of halogens is 1. The number of allylic oxidation sites excluding steroid dienone is 2. The van der Waals surface area contributed by atoms with Gasteiger partial charge in [0.2, 0.25) is 0 Å². The number of hydrogen-bond acceptors (Lipinski definition) is 4. The van der Waals surface area contributed by atoms with Gasteiger partial charge in [-0.25, -0.2) is 0 Å². The van der Waals surface area contributed by atoms with Crippen LogP contribution in [-0.4, -0.2) is 19.0 Å². The molecule has 2 aromatic carbocycles. The molecule has 0 saturated heterocycles. The van der Waals surface area contributed by atoms with Gasteiger partial charge in [0.1, 0.15) is 13.2 Å². The average molecular weight is 342 g/mol. The van der Waals surface area contributed by atoms with E-state index in [0.29, 0.717) is 46.5 Å². The van der Waals surface area contributed by atoms with Crippen LogP contribution in [-0.2, 0) is 0 Å². The highest BCUT2D eigenvalue weighted by atomic mass is 35.5. The molecular formula is C19H16ClNO3. The van der Waals surface area contributed by atoms with Gasteiger partial charge in [-0.2, -0.15) is 0 Å². The first-order valence-corrected chi connectivity index (χ1v) is 7.85. The molecule has 1 aliphatic rings. The highest BCUT2D eigenvalue weighted by Gasteiger charge is 2.23. The number of rotatable bonds is 5. The van der Waals surface area contributed by atoms with Crippen LogP contribution in [0.3, 0.4) is 0 Å². The highest BCUT2D eigenvalue weighted by molar-refractivity contribution is 6.31. The second-order valence-electron chi connectivity index (χ2n) is 5.09. The molecule has 3 rings (SSSR count). The first kappa shape index (κ1) is 16.1. The van der Waals surface area contributed by atoms with Crippen LogP contribution < -0.4 is 14.8 Å². The molecule has 5 heteroatoms. The number of nitrogens with one attached hydrogen (secondary N) is 1. The van der Waals surface area contributed by atoms with Crippen LogP contribution in [0.1, 0.15) is 15.9 Å². The van der Waals surface area contributed by atoms with E-state index in [1.165, 1.54) is 0 Å². The fraction of sp³-hybridized carbons (Fsp3) is 0.105. The molecule has 0 atom stereocenters. The third kappa shape index (κ3) is 3.29. The van der Waals surface area contributed by atoms with Crippen molar-refractivity contribution in [2.24, 2.45) is 0 Å². The molecule has 24 heavy (non-hydrogen) atoms. The predicted molar refractivity (Wildman–Crippen MR) is 95.3 cm³/mol. The standard InChI is InChI=1S/C19H16ClNO3/c1-2-3-9-21-16-8-7-13(20)12-15(16)18(22)14-5-4-6-17-19(14)24-11-10-23-17/h2-9,12,21H,1,10-11H2/b9-3-. The van der Waals surface area contributed by atoms with Crippen LogP contribution in [0.4, 0.5) is 5.69 Å². The molecule has 0 amide bonds. The molecule has 0 radical (unpaired) electrons. The maximum Gasteiger partial charge on any atom is 0.199 e. The quantitative estimate of drug-likeness (QED) is 0.644. The van der Waals surface area contributed by atoms with E-state index in [-0.39, 0.29) is 5.78 Å². The van der Waals surface area contributed by atoms with Gasteiger partial charge in [0.05, 0.1) is 5.56 Å². The Morgan fingerprint density at radius 3 is 2.83 bits per heavy atom. The number of carbonyl (C=O) groups excluding carboxylic acids is 1. The summed E-state index contributed by atoms with van der Waals surface area (Å²) in [5.74, 6) is 0.867. The Morgan fingerprint density at radius 2 is 2.00 bits per heavy atom. The van der Waals surface area contributed by atoms with Gasteiger partial charge in [-0.15, -0.1) is 0 Å². The van der Waals surface area contributed by atoms with Crippen molar-refractivity contribution in [2.45, 2.75) is 0 Å². The predicted octanol–water partition coefficient (Wildman–Crippen LogP) is 4.45. The lowest BCUT2D eigenvalue weighted by molar-refractivity contribution is 0.102. The van der Waals surface area contributed by atoms with E-state index in [1.54, 1.807) is 54.8 Å². The maximum atomic E-state index is 13.0. The van der Waals surface area contributed by atoms with Crippen molar-refractivity contribution in [3.8, 4) is 11.5 Å². The van der Waals surface area contributed by atoms with Crippen molar-refractivity contribution in [3.05, 3.63) is 77.5 Å². The molecule has 2 aromatic rings. The van der Waals surface area contributed by atoms with Crippen molar-refractivity contribution in [1.29, 1.82) is 0 Å². The summed E-state index contributed by atoms with van der Waals surface area (Å²) in [6, 6.07) is 10.4. The number of benzene rings is 2. The average Bonchev–Trinajstić information content (AvgIpc) is 2.62. The second-order valence-corrected chi connectivity index (χ2v) is 5.52. The molecule has 122 valence electrons. The van der Waals surface area contributed by atoms with Gasteiger partial charge in [-0.05, 0) is 36.4 Å². The Balaban J connectivity index is 2.02. The number of anilines is 1. The van der Waals surface area contributed by atoms with Crippen molar-refractivity contribution < 1.29 is 14.3 Å². The van der Waals surface area contributed by atoms with E-state index < -0.39 is 0 Å². The lowest BCUT2D eigenvalue weighted by Gasteiger charge is -2.20. The van der Waals surface area contributed by atoms with Crippen LogP contribution in [0.15, 0.2) is 61.3 Å². The Bertz CT molecular complexity index is 814. The van der Waals surface area contributed by atoms with Gasteiger partial charge in [-0.1, -0.05) is 30.3 Å². The highest BCUT2D eigenvalue weighted by Crippen LogP contribution is 2.36. The number of ketones is 1. The first-order chi connectivity index (χ1) is 11.7. The van der Waals surface area contributed by atoms with E-state index in [9.17, 15) is 4.79 Å². The number of hydrogen-bond donors (Lipinski definition) is 1. The summed E-state index contributed by atoms with van der Waals surface area (Å²) in [6.07, 6.45) is 5.08. The number of para-hydroxylation sites is 1. The lowest BCUT2D eigenvalue weighted by atomic mass is 10.00. The zero-order valence-corrected chi connectivity index (χ0v) is 13.7.